The molecule has 0 radical (unpaired) electrons. The van der Waals surface area contributed by atoms with E-state index in [0.717, 1.165) is 43.6 Å². The summed E-state index contributed by atoms with van der Waals surface area (Å²) in [7, 11) is 0. The number of nitrogens with zero attached hydrogens (tertiary/aromatic N) is 6. The van der Waals surface area contributed by atoms with Gasteiger partial charge in [-0.2, -0.15) is 4.98 Å². The molecular formula is C24H29ClN6O2. The van der Waals surface area contributed by atoms with Gasteiger partial charge in [-0.1, -0.05) is 11.6 Å². The van der Waals surface area contributed by atoms with Crippen molar-refractivity contribution >= 4 is 40.9 Å². The summed E-state index contributed by atoms with van der Waals surface area (Å²) in [6.07, 6.45) is 5.74. The molecule has 174 valence electrons. The summed E-state index contributed by atoms with van der Waals surface area (Å²) in [4.78, 5) is 43.1. The van der Waals surface area contributed by atoms with Gasteiger partial charge in [-0.15, -0.1) is 0 Å². The zero-order chi connectivity index (χ0) is 22.8. The number of benzene rings is 1. The van der Waals surface area contributed by atoms with Crippen molar-refractivity contribution in [2.45, 2.75) is 25.7 Å². The third kappa shape index (κ3) is 4.76. The second-order valence-electron chi connectivity index (χ2n) is 8.96. The molecule has 3 fully saturated rings. The molecule has 3 saturated heterocycles. The van der Waals surface area contributed by atoms with E-state index in [9.17, 15) is 9.59 Å². The molecule has 0 saturated carbocycles. The van der Waals surface area contributed by atoms with Crippen LogP contribution in [0.3, 0.4) is 0 Å². The van der Waals surface area contributed by atoms with Gasteiger partial charge in [0.25, 0.3) is 0 Å². The Kier molecular flexibility index (Phi) is 6.35. The maximum Gasteiger partial charge on any atom is 0.228 e. The second-order valence-corrected chi connectivity index (χ2v) is 9.39. The number of anilines is 3. The summed E-state index contributed by atoms with van der Waals surface area (Å²) in [5.41, 5.74) is 0.790. The van der Waals surface area contributed by atoms with Crippen LogP contribution in [0.4, 0.5) is 17.5 Å². The van der Waals surface area contributed by atoms with Gasteiger partial charge in [-0.3, -0.25) is 9.59 Å². The predicted molar refractivity (Wildman–Crippen MR) is 129 cm³/mol. The van der Waals surface area contributed by atoms with Crippen LogP contribution >= 0.6 is 11.6 Å². The summed E-state index contributed by atoms with van der Waals surface area (Å²) >= 11 is 5.96. The number of carbonyl (C=O) groups is 2. The van der Waals surface area contributed by atoms with Gasteiger partial charge < -0.3 is 19.6 Å². The van der Waals surface area contributed by atoms with Crippen LogP contribution in [0.25, 0.3) is 0 Å². The van der Waals surface area contributed by atoms with Crippen molar-refractivity contribution < 1.29 is 9.59 Å². The van der Waals surface area contributed by atoms with Crippen LogP contribution in [0.1, 0.15) is 25.7 Å². The lowest BCUT2D eigenvalue weighted by molar-refractivity contribution is -0.136. The van der Waals surface area contributed by atoms with Crippen molar-refractivity contribution in [3.05, 3.63) is 41.6 Å². The van der Waals surface area contributed by atoms with Crippen LogP contribution in [0.5, 0.6) is 0 Å². The van der Waals surface area contributed by atoms with Crippen LogP contribution < -0.4 is 14.7 Å². The number of halogens is 1. The van der Waals surface area contributed by atoms with Gasteiger partial charge in [0.2, 0.25) is 17.8 Å². The maximum atomic E-state index is 13.2. The first-order valence-electron chi connectivity index (χ1n) is 11.8. The van der Waals surface area contributed by atoms with Crippen molar-refractivity contribution in [1.29, 1.82) is 0 Å². The lowest BCUT2D eigenvalue weighted by atomic mass is 10.1. The molecule has 2 aromatic rings. The van der Waals surface area contributed by atoms with E-state index in [4.69, 9.17) is 16.6 Å². The van der Waals surface area contributed by atoms with Gasteiger partial charge in [0.05, 0.1) is 5.92 Å². The summed E-state index contributed by atoms with van der Waals surface area (Å²) < 4.78 is 0. The SMILES string of the molecule is O=C(C1CC(=O)N(c2ccc(Cl)cc2)C1)N1CCN(c2ccnc(N3CCCCC3)n2)CC1. The van der Waals surface area contributed by atoms with Gasteiger partial charge in [-0.25, -0.2) is 4.98 Å². The number of carbonyl (C=O) groups excluding carboxylic acids is 2. The fraction of sp³-hybridized carbons (Fsp3) is 0.500. The quantitative estimate of drug-likeness (QED) is 0.687. The van der Waals surface area contributed by atoms with Crippen LogP contribution in [-0.4, -0.2) is 72.5 Å². The molecule has 2 amide bonds. The average Bonchev–Trinajstić information content (AvgIpc) is 3.26. The second kappa shape index (κ2) is 9.55. The zero-order valence-electron chi connectivity index (χ0n) is 18.7. The van der Waals surface area contributed by atoms with Crippen LogP contribution in [-0.2, 0) is 9.59 Å². The molecule has 0 bridgehead atoms. The monoisotopic (exact) mass is 468 g/mol. The Bertz CT molecular complexity index is 1000. The fourth-order valence-corrected chi connectivity index (χ4v) is 5.05. The molecule has 33 heavy (non-hydrogen) atoms. The lowest BCUT2D eigenvalue weighted by Gasteiger charge is -2.37. The highest BCUT2D eigenvalue weighted by molar-refractivity contribution is 6.30. The lowest BCUT2D eigenvalue weighted by Crippen LogP contribution is -2.51. The van der Waals surface area contributed by atoms with Crippen LogP contribution in [0.2, 0.25) is 5.02 Å². The number of hydrogen-bond acceptors (Lipinski definition) is 6. The smallest absolute Gasteiger partial charge is 0.228 e. The van der Waals surface area contributed by atoms with Gasteiger partial charge in [0, 0.05) is 69.1 Å². The molecule has 0 spiro atoms. The van der Waals surface area contributed by atoms with Crippen LogP contribution in [0.15, 0.2) is 36.5 Å². The highest BCUT2D eigenvalue weighted by atomic mass is 35.5. The third-order valence-electron chi connectivity index (χ3n) is 6.79. The highest BCUT2D eigenvalue weighted by Gasteiger charge is 2.38. The Morgan fingerprint density at radius 3 is 2.36 bits per heavy atom. The molecule has 0 N–H and O–H groups in total. The van der Waals surface area contributed by atoms with E-state index < -0.39 is 0 Å². The largest absolute Gasteiger partial charge is 0.353 e. The first kappa shape index (κ1) is 21.9. The number of piperidine rings is 1. The van der Waals surface area contributed by atoms with Crippen molar-refractivity contribution in [2.24, 2.45) is 5.92 Å². The Morgan fingerprint density at radius 1 is 0.909 bits per heavy atom. The van der Waals surface area contributed by atoms with E-state index in [2.05, 4.69) is 14.8 Å². The molecule has 1 atom stereocenters. The molecule has 8 nitrogen and oxygen atoms in total. The van der Waals surface area contributed by atoms with Crippen molar-refractivity contribution in [1.82, 2.24) is 14.9 Å². The van der Waals surface area contributed by atoms with E-state index in [1.54, 1.807) is 17.0 Å². The normalized spacial score (nSPS) is 21.6. The molecular weight excluding hydrogens is 440 g/mol. The van der Waals surface area contributed by atoms with Crippen LogP contribution in [0, 0.1) is 5.92 Å². The first-order chi connectivity index (χ1) is 16.1. The number of amides is 2. The highest BCUT2D eigenvalue weighted by Crippen LogP contribution is 2.28. The summed E-state index contributed by atoms with van der Waals surface area (Å²) in [5.74, 6) is 1.47. The van der Waals surface area contributed by atoms with E-state index >= 15 is 0 Å². The molecule has 1 aromatic carbocycles. The Hall–Kier alpha value is -2.87. The maximum absolute atomic E-state index is 13.2. The fourth-order valence-electron chi connectivity index (χ4n) is 4.92. The van der Waals surface area contributed by atoms with Gasteiger partial charge in [0.15, 0.2) is 0 Å². The Balaban J connectivity index is 1.18. The minimum atomic E-state index is -0.301. The summed E-state index contributed by atoms with van der Waals surface area (Å²) in [6.45, 7) is 5.16. The molecule has 1 unspecified atom stereocenters. The number of piperazine rings is 1. The molecule has 1 aromatic heterocycles. The van der Waals surface area contributed by atoms with E-state index in [-0.39, 0.29) is 24.2 Å². The summed E-state index contributed by atoms with van der Waals surface area (Å²) in [5, 5.41) is 0.627. The van der Waals surface area contributed by atoms with Gasteiger partial charge >= 0.3 is 0 Å². The summed E-state index contributed by atoms with van der Waals surface area (Å²) in [6, 6.07) is 9.13. The van der Waals surface area contributed by atoms with Gasteiger partial charge in [-0.05, 0) is 49.6 Å². The van der Waals surface area contributed by atoms with Crippen molar-refractivity contribution in [3.8, 4) is 0 Å². The predicted octanol–water partition coefficient (Wildman–Crippen LogP) is 2.82. The minimum Gasteiger partial charge on any atom is -0.353 e. The molecule has 9 heteroatoms. The number of aromatic nitrogens is 2. The molecule has 3 aliphatic rings. The van der Waals surface area contributed by atoms with E-state index in [1.807, 2.05) is 29.3 Å². The Labute approximate surface area is 199 Å². The molecule has 0 aliphatic carbocycles. The first-order valence-corrected chi connectivity index (χ1v) is 12.1. The topological polar surface area (TPSA) is 72.9 Å². The van der Waals surface area contributed by atoms with Crippen molar-refractivity contribution in [3.63, 3.8) is 0 Å². The molecule has 5 rings (SSSR count). The van der Waals surface area contributed by atoms with E-state index in [1.165, 1.54) is 19.3 Å². The van der Waals surface area contributed by atoms with Gasteiger partial charge in [0.1, 0.15) is 5.82 Å². The molecule has 4 heterocycles. The van der Waals surface area contributed by atoms with Crippen molar-refractivity contribution in [2.75, 3.05) is 60.5 Å². The third-order valence-corrected chi connectivity index (χ3v) is 7.05. The average molecular weight is 469 g/mol. The number of rotatable bonds is 4. The minimum absolute atomic E-state index is 0.0134. The number of hydrogen-bond donors (Lipinski definition) is 0. The van der Waals surface area contributed by atoms with E-state index in [0.29, 0.717) is 24.7 Å². The molecule has 3 aliphatic heterocycles. The Morgan fingerprint density at radius 2 is 1.64 bits per heavy atom. The zero-order valence-corrected chi connectivity index (χ0v) is 19.5. The standard InChI is InChI=1S/C24H29ClN6O2/c25-19-4-6-20(7-5-19)31-17-18(16-22(31)32)23(33)29-14-12-28(13-15-29)21-8-9-26-24(27-21)30-10-2-1-3-11-30/h4-9,18H,1-3,10-17H2.